The minimum atomic E-state index is -0.436. The summed E-state index contributed by atoms with van der Waals surface area (Å²) >= 11 is 0. The van der Waals surface area contributed by atoms with Crippen molar-refractivity contribution >= 4 is 5.97 Å². The number of ether oxygens (including phenoxy) is 1. The highest BCUT2D eigenvalue weighted by Crippen LogP contribution is 2.08. The summed E-state index contributed by atoms with van der Waals surface area (Å²) < 4.78 is 5.29. The molecular weight excluding hydrogens is 228 g/mol. The lowest BCUT2D eigenvalue weighted by Gasteiger charge is -2.22. The summed E-state index contributed by atoms with van der Waals surface area (Å²) in [5.74, 6) is -0.219. The first-order chi connectivity index (χ1) is 8.38. The quantitative estimate of drug-likeness (QED) is 0.811. The Kier molecular flexibility index (Phi) is 5.28. The van der Waals surface area contributed by atoms with Gasteiger partial charge in [0.15, 0.2) is 0 Å². The first-order valence-electron chi connectivity index (χ1n) is 6.24. The van der Waals surface area contributed by atoms with Gasteiger partial charge in [-0.15, -0.1) is 0 Å². The van der Waals surface area contributed by atoms with Crippen LogP contribution < -0.4 is 5.32 Å². The lowest BCUT2D eigenvalue weighted by Crippen LogP contribution is -2.40. The normalized spacial score (nSPS) is 13.1. The molecule has 0 aliphatic rings. The SMILES string of the molecule is CC(NCCc1ccccn1)C(=O)OC(C)(C)C. The number of nitrogens with one attached hydrogen (secondary N) is 1. The smallest absolute Gasteiger partial charge is 0.323 e. The number of carbonyl (C=O) groups excluding carboxylic acids is 1. The van der Waals surface area contributed by atoms with Crippen molar-refractivity contribution in [1.29, 1.82) is 0 Å². The highest BCUT2D eigenvalue weighted by molar-refractivity contribution is 5.75. The Balaban J connectivity index is 2.29. The van der Waals surface area contributed by atoms with E-state index in [2.05, 4.69) is 10.3 Å². The molecule has 1 atom stereocenters. The van der Waals surface area contributed by atoms with Crippen LogP contribution in [0.4, 0.5) is 0 Å². The van der Waals surface area contributed by atoms with Crippen LogP contribution in [0.3, 0.4) is 0 Å². The molecule has 1 rings (SSSR count). The van der Waals surface area contributed by atoms with Gasteiger partial charge in [-0.05, 0) is 39.8 Å². The Morgan fingerprint density at radius 2 is 2.17 bits per heavy atom. The first kappa shape index (κ1) is 14.6. The third-order valence-electron chi connectivity index (χ3n) is 2.32. The van der Waals surface area contributed by atoms with Crippen molar-refractivity contribution in [2.45, 2.75) is 45.8 Å². The third kappa shape index (κ3) is 5.77. The average Bonchev–Trinajstić information content (AvgIpc) is 2.28. The Bertz CT molecular complexity index is 371. The van der Waals surface area contributed by atoms with Gasteiger partial charge in [-0.2, -0.15) is 0 Å². The van der Waals surface area contributed by atoms with Crippen molar-refractivity contribution in [2.24, 2.45) is 0 Å². The molecule has 0 saturated heterocycles. The zero-order chi connectivity index (χ0) is 13.6. The Hall–Kier alpha value is -1.42. The predicted octanol–water partition coefficient (Wildman–Crippen LogP) is 1.94. The Morgan fingerprint density at radius 1 is 1.44 bits per heavy atom. The van der Waals surface area contributed by atoms with Gasteiger partial charge in [-0.1, -0.05) is 6.07 Å². The zero-order valence-electron chi connectivity index (χ0n) is 11.6. The molecule has 0 aliphatic carbocycles. The summed E-state index contributed by atoms with van der Waals surface area (Å²) in [5.41, 5.74) is 0.579. The van der Waals surface area contributed by atoms with Crippen LogP contribution in [0.5, 0.6) is 0 Å². The van der Waals surface area contributed by atoms with E-state index in [0.29, 0.717) is 6.54 Å². The minimum absolute atomic E-state index is 0.219. The molecule has 1 N–H and O–H groups in total. The van der Waals surface area contributed by atoms with Crippen LogP contribution in [-0.2, 0) is 16.0 Å². The topological polar surface area (TPSA) is 51.2 Å². The number of esters is 1. The molecular formula is C14H22N2O2. The van der Waals surface area contributed by atoms with E-state index >= 15 is 0 Å². The summed E-state index contributed by atoms with van der Waals surface area (Å²) in [6.07, 6.45) is 2.57. The van der Waals surface area contributed by atoms with Crippen molar-refractivity contribution in [2.75, 3.05) is 6.54 Å². The van der Waals surface area contributed by atoms with E-state index in [0.717, 1.165) is 12.1 Å². The predicted molar refractivity (Wildman–Crippen MR) is 71.3 cm³/mol. The lowest BCUT2D eigenvalue weighted by molar-refractivity contribution is -0.156. The van der Waals surface area contributed by atoms with E-state index in [1.807, 2.05) is 45.9 Å². The summed E-state index contributed by atoms with van der Waals surface area (Å²) in [7, 11) is 0. The van der Waals surface area contributed by atoms with E-state index in [1.165, 1.54) is 0 Å². The van der Waals surface area contributed by atoms with Crippen LogP contribution in [0.25, 0.3) is 0 Å². The molecule has 18 heavy (non-hydrogen) atoms. The first-order valence-corrected chi connectivity index (χ1v) is 6.24. The molecule has 0 aromatic carbocycles. The average molecular weight is 250 g/mol. The summed E-state index contributed by atoms with van der Waals surface area (Å²) in [6.45, 7) is 8.12. The monoisotopic (exact) mass is 250 g/mol. The highest BCUT2D eigenvalue weighted by Gasteiger charge is 2.20. The van der Waals surface area contributed by atoms with E-state index < -0.39 is 5.60 Å². The van der Waals surface area contributed by atoms with Crippen LogP contribution in [0.2, 0.25) is 0 Å². The number of nitrogens with zero attached hydrogens (tertiary/aromatic N) is 1. The second kappa shape index (κ2) is 6.50. The lowest BCUT2D eigenvalue weighted by atomic mass is 10.2. The highest BCUT2D eigenvalue weighted by atomic mass is 16.6. The van der Waals surface area contributed by atoms with Gasteiger partial charge in [-0.3, -0.25) is 9.78 Å². The Morgan fingerprint density at radius 3 is 2.72 bits per heavy atom. The van der Waals surface area contributed by atoms with E-state index in [-0.39, 0.29) is 12.0 Å². The summed E-state index contributed by atoms with van der Waals surface area (Å²) in [5, 5.41) is 3.14. The van der Waals surface area contributed by atoms with Crippen LogP contribution in [-0.4, -0.2) is 29.1 Å². The zero-order valence-corrected chi connectivity index (χ0v) is 11.6. The molecule has 4 heteroatoms. The number of rotatable bonds is 5. The minimum Gasteiger partial charge on any atom is -0.459 e. The molecule has 1 aromatic rings. The Labute approximate surface area is 109 Å². The van der Waals surface area contributed by atoms with Gasteiger partial charge >= 0.3 is 5.97 Å². The van der Waals surface area contributed by atoms with Crippen molar-refractivity contribution < 1.29 is 9.53 Å². The van der Waals surface area contributed by atoms with Gasteiger partial charge in [-0.25, -0.2) is 0 Å². The maximum Gasteiger partial charge on any atom is 0.323 e. The van der Waals surface area contributed by atoms with Crippen LogP contribution >= 0.6 is 0 Å². The van der Waals surface area contributed by atoms with Gasteiger partial charge in [0.05, 0.1) is 0 Å². The molecule has 1 aromatic heterocycles. The van der Waals surface area contributed by atoms with Gasteiger partial charge < -0.3 is 10.1 Å². The van der Waals surface area contributed by atoms with E-state index in [9.17, 15) is 4.79 Å². The van der Waals surface area contributed by atoms with Crippen LogP contribution in [0.15, 0.2) is 24.4 Å². The van der Waals surface area contributed by atoms with Crippen molar-refractivity contribution in [3.8, 4) is 0 Å². The largest absolute Gasteiger partial charge is 0.459 e. The maximum atomic E-state index is 11.7. The number of hydrogen-bond donors (Lipinski definition) is 1. The van der Waals surface area contributed by atoms with Gasteiger partial charge in [0.25, 0.3) is 0 Å². The van der Waals surface area contributed by atoms with Crippen LogP contribution in [0, 0.1) is 0 Å². The standard InChI is InChI=1S/C14H22N2O2/c1-11(13(17)18-14(2,3)4)15-10-8-12-7-5-6-9-16-12/h5-7,9,11,15H,8,10H2,1-4H3. The fourth-order valence-electron chi connectivity index (χ4n) is 1.44. The molecule has 0 fully saturated rings. The van der Waals surface area contributed by atoms with E-state index in [1.54, 1.807) is 6.20 Å². The summed E-state index contributed by atoms with van der Waals surface area (Å²) in [6, 6.07) is 5.52. The maximum absolute atomic E-state index is 11.7. The molecule has 0 spiro atoms. The van der Waals surface area contributed by atoms with Gasteiger partial charge in [0.1, 0.15) is 11.6 Å². The molecule has 1 heterocycles. The van der Waals surface area contributed by atoms with Crippen LogP contribution in [0.1, 0.15) is 33.4 Å². The molecule has 0 bridgehead atoms. The molecule has 0 radical (unpaired) electrons. The second-order valence-electron chi connectivity index (χ2n) is 5.28. The molecule has 0 saturated carbocycles. The van der Waals surface area contributed by atoms with E-state index in [4.69, 9.17) is 4.74 Å². The fraction of sp³-hybridized carbons (Fsp3) is 0.571. The molecule has 100 valence electrons. The molecule has 1 unspecified atom stereocenters. The molecule has 0 amide bonds. The molecule has 0 aliphatic heterocycles. The number of carbonyl (C=O) groups is 1. The fourth-order valence-corrected chi connectivity index (χ4v) is 1.44. The van der Waals surface area contributed by atoms with Gasteiger partial charge in [0.2, 0.25) is 0 Å². The number of aromatic nitrogens is 1. The second-order valence-corrected chi connectivity index (χ2v) is 5.28. The van der Waals surface area contributed by atoms with Gasteiger partial charge in [0, 0.05) is 24.9 Å². The summed E-state index contributed by atoms with van der Waals surface area (Å²) in [4.78, 5) is 15.9. The third-order valence-corrected chi connectivity index (χ3v) is 2.32. The van der Waals surface area contributed by atoms with Crippen molar-refractivity contribution in [3.63, 3.8) is 0 Å². The van der Waals surface area contributed by atoms with Crippen molar-refractivity contribution in [3.05, 3.63) is 30.1 Å². The molecule has 4 nitrogen and oxygen atoms in total. The number of pyridine rings is 1. The number of hydrogen-bond acceptors (Lipinski definition) is 4. The van der Waals surface area contributed by atoms with Crippen molar-refractivity contribution in [1.82, 2.24) is 10.3 Å².